The number of hydrogen-bond acceptors (Lipinski definition) is 4. The van der Waals surface area contributed by atoms with Crippen molar-refractivity contribution in [1.82, 2.24) is 8.61 Å². The fraction of sp³-hybridized carbons (Fsp3) is 0.294. The van der Waals surface area contributed by atoms with Crippen LogP contribution < -0.4 is 0 Å². The van der Waals surface area contributed by atoms with Gasteiger partial charge in [-0.1, -0.05) is 12.1 Å². The van der Waals surface area contributed by atoms with Crippen molar-refractivity contribution in [2.45, 2.75) is 16.0 Å². The molecule has 12 heteroatoms. The molecule has 1 aliphatic heterocycles. The van der Waals surface area contributed by atoms with Gasteiger partial charge in [0.15, 0.2) is 0 Å². The minimum Gasteiger partial charge on any atom is -0.207 e. The van der Waals surface area contributed by atoms with Crippen LogP contribution in [0.4, 0.5) is 17.6 Å². The van der Waals surface area contributed by atoms with Crippen LogP contribution in [0, 0.1) is 5.82 Å². The van der Waals surface area contributed by atoms with Crippen LogP contribution in [0.25, 0.3) is 0 Å². The molecule has 158 valence electrons. The molecule has 29 heavy (non-hydrogen) atoms. The second-order valence-corrected chi connectivity index (χ2v) is 10.1. The van der Waals surface area contributed by atoms with Crippen LogP contribution in [0.15, 0.2) is 58.3 Å². The van der Waals surface area contributed by atoms with Gasteiger partial charge < -0.3 is 0 Å². The highest BCUT2D eigenvalue weighted by Gasteiger charge is 2.35. The second kappa shape index (κ2) is 7.67. The zero-order chi connectivity index (χ0) is 21.4. The van der Waals surface area contributed by atoms with E-state index in [2.05, 4.69) is 0 Å². The predicted octanol–water partition coefficient (Wildman–Crippen LogP) is 2.54. The molecule has 1 heterocycles. The van der Waals surface area contributed by atoms with Gasteiger partial charge in [-0.05, 0) is 36.4 Å². The molecule has 2 aromatic rings. The van der Waals surface area contributed by atoms with Gasteiger partial charge in [-0.2, -0.15) is 21.8 Å². The van der Waals surface area contributed by atoms with E-state index in [0.717, 1.165) is 32.9 Å². The number of nitrogens with zero attached hydrogens (tertiary/aromatic N) is 2. The van der Waals surface area contributed by atoms with E-state index in [1.165, 1.54) is 12.1 Å². The predicted molar refractivity (Wildman–Crippen MR) is 95.4 cm³/mol. The lowest BCUT2D eigenvalue weighted by molar-refractivity contribution is -0.137. The fourth-order valence-corrected chi connectivity index (χ4v) is 5.82. The summed E-state index contributed by atoms with van der Waals surface area (Å²) in [4.78, 5) is -0.824. The summed E-state index contributed by atoms with van der Waals surface area (Å²) in [6.07, 6.45) is -4.59. The summed E-state index contributed by atoms with van der Waals surface area (Å²) in [7, 11) is -8.23. The van der Waals surface area contributed by atoms with Gasteiger partial charge in [0.05, 0.1) is 10.5 Å². The lowest BCUT2D eigenvalue weighted by atomic mass is 10.2. The molecular formula is C17H16F4N2O4S2. The third-order valence-electron chi connectivity index (χ3n) is 4.47. The summed E-state index contributed by atoms with van der Waals surface area (Å²) in [5, 5.41) is 0. The first-order valence-corrected chi connectivity index (χ1v) is 11.2. The molecule has 0 aromatic heterocycles. The van der Waals surface area contributed by atoms with E-state index >= 15 is 0 Å². The van der Waals surface area contributed by atoms with E-state index in [0.29, 0.717) is 12.1 Å². The first-order valence-electron chi connectivity index (χ1n) is 8.36. The smallest absolute Gasteiger partial charge is 0.207 e. The van der Waals surface area contributed by atoms with Crippen LogP contribution in [-0.2, 0) is 26.2 Å². The Bertz CT molecular complexity index is 1090. The standard InChI is InChI=1S/C17H16F4N2O4S2/c18-15-3-1-2-4-16(15)29(26,27)23-11-9-22(10-12-23)28(24,25)14-7-5-13(6-8-14)17(19,20)21/h1-8H,9-12H2. The zero-order valence-corrected chi connectivity index (χ0v) is 16.4. The highest BCUT2D eigenvalue weighted by Crippen LogP contribution is 2.30. The Morgan fingerprint density at radius 1 is 0.724 bits per heavy atom. The Hall–Kier alpha value is -2.02. The van der Waals surface area contributed by atoms with Crippen molar-refractivity contribution in [2.24, 2.45) is 0 Å². The van der Waals surface area contributed by atoms with E-state index in [1.807, 2.05) is 0 Å². The van der Waals surface area contributed by atoms with Crippen molar-refractivity contribution in [2.75, 3.05) is 26.2 Å². The van der Waals surface area contributed by atoms with Crippen molar-refractivity contribution >= 4 is 20.0 Å². The van der Waals surface area contributed by atoms with E-state index < -0.39 is 42.5 Å². The van der Waals surface area contributed by atoms with Crippen LogP contribution in [0.1, 0.15) is 5.56 Å². The fourth-order valence-electron chi connectivity index (χ4n) is 2.91. The topological polar surface area (TPSA) is 74.8 Å². The highest BCUT2D eigenvalue weighted by atomic mass is 32.2. The van der Waals surface area contributed by atoms with Gasteiger partial charge in [-0.25, -0.2) is 21.2 Å². The van der Waals surface area contributed by atoms with E-state index in [4.69, 9.17) is 0 Å². The van der Waals surface area contributed by atoms with Gasteiger partial charge >= 0.3 is 6.18 Å². The van der Waals surface area contributed by atoms with Crippen LogP contribution in [-0.4, -0.2) is 51.6 Å². The van der Waals surface area contributed by atoms with Crippen molar-refractivity contribution in [3.8, 4) is 0 Å². The van der Waals surface area contributed by atoms with Gasteiger partial charge in [0.1, 0.15) is 10.7 Å². The lowest BCUT2D eigenvalue weighted by Gasteiger charge is -2.33. The Morgan fingerprint density at radius 3 is 1.69 bits per heavy atom. The summed E-state index contributed by atoms with van der Waals surface area (Å²) in [6, 6.07) is 7.93. The molecule has 0 atom stereocenters. The summed E-state index contributed by atoms with van der Waals surface area (Å²) >= 11 is 0. The number of piperazine rings is 1. The molecule has 6 nitrogen and oxygen atoms in total. The van der Waals surface area contributed by atoms with Gasteiger partial charge in [0, 0.05) is 26.2 Å². The summed E-state index contributed by atoms with van der Waals surface area (Å²) in [5.41, 5.74) is -0.975. The monoisotopic (exact) mass is 452 g/mol. The maximum Gasteiger partial charge on any atom is 0.416 e. The van der Waals surface area contributed by atoms with Gasteiger partial charge in [0.25, 0.3) is 0 Å². The molecule has 0 N–H and O–H groups in total. The SMILES string of the molecule is O=S(=O)(c1ccc(C(F)(F)F)cc1)N1CCN(S(=O)(=O)c2ccccc2F)CC1. The molecule has 0 spiro atoms. The quantitative estimate of drug-likeness (QED) is 0.669. The molecular weight excluding hydrogens is 436 g/mol. The van der Waals surface area contributed by atoms with Crippen LogP contribution >= 0.6 is 0 Å². The molecule has 0 aliphatic carbocycles. The molecule has 3 rings (SSSR count). The molecule has 0 bridgehead atoms. The maximum absolute atomic E-state index is 13.9. The first-order chi connectivity index (χ1) is 13.4. The van der Waals surface area contributed by atoms with Crippen molar-refractivity contribution in [3.63, 3.8) is 0 Å². The number of halogens is 4. The first kappa shape index (κ1) is 21.7. The largest absolute Gasteiger partial charge is 0.416 e. The Kier molecular flexibility index (Phi) is 5.73. The molecule has 1 saturated heterocycles. The number of rotatable bonds is 4. The Balaban J connectivity index is 1.75. The third kappa shape index (κ3) is 4.29. The molecule has 0 unspecified atom stereocenters. The van der Waals surface area contributed by atoms with Gasteiger partial charge in [0.2, 0.25) is 20.0 Å². The average Bonchev–Trinajstić information content (AvgIpc) is 2.67. The van der Waals surface area contributed by atoms with E-state index in [9.17, 15) is 34.4 Å². The Morgan fingerprint density at radius 2 is 1.21 bits per heavy atom. The van der Waals surface area contributed by atoms with Crippen molar-refractivity contribution < 1.29 is 34.4 Å². The summed E-state index contributed by atoms with van der Waals surface area (Å²) in [5.74, 6) is -0.910. The Labute approximate surface area is 165 Å². The van der Waals surface area contributed by atoms with Crippen LogP contribution in [0.2, 0.25) is 0 Å². The third-order valence-corrected chi connectivity index (χ3v) is 8.32. The summed E-state index contributed by atoms with van der Waals surface area (Å²) in [6.45, 7) is -0.846. The van der Waals surface area contributed by atoms with Crippen molar-refractivity contribution in [1.29, 1.82) is 0 Å². The van der Waals surface area contributed by atoms with Crippen LogP contribution in [0.5, 0.6) is 0 Å². The average molecular weight is 452 g/mol. The zero-order valence-electron chi connectivity index (χ0n) is 14.8. The van der Waals surface area contributed by atoms with E-state index in [-0.39, 0.29) is 31.1 Å². The highest BCUT2D eigenvalue weighted by molar-refractivity contribution is 7.89. The van der Waals surface area contributed by atoms with Crippen LogP contribution in [0.3, 0.4) is 0 Å². The minimum atomic E-state index is -4.59. The number of alkyl halides is 3. The van der Waals surface area contributed by atoms with Crippen molar-refractivity contribution in [3.05, 3.63) is 59.9 Å². The molecule has 1 aliphatic rings. The van der Waals surface area contributed by atoms with E-state index in [1.54, 1.807) is 0 Å². The number of sulfonamides is 2. The number of benzene rings is 2. The normalized spacial score (nSPS) is 17.4. The molecule has 2 aromatic carbocycles. The lowest BCUT2D eigenvalue weighted by Crippen LogP contribution is -2.50. The van der Waals surface area contributed by atoms with Gasteiger partial charge in [-0.3, -0.25) is 0 Å². The molecule has 0 radical (unpaired) electrons. The maximum atomic E-state index is 13.9. The molecule has 1 fully saturated rings. The van der Waals surface area contributed by atoms with Gasteiger partial charge in [-0.15, -0.1) is 0 Å². The number of hydrogen-bond donors (Lipinski definition) is 0. The summed E-state index contributed by atoms with van der Waals surface area (Å²) < 4.78 is 104. The minimum absolute atomic E-state index is 0.211. The second-order valence-electron chi connectivity index (χ2n) is 6.26. The molecule has 0 saturated carbocycles. The molecule has 0 amide bonds.